The Kier molecular flexibility index (Phi) is 9.43. The fourth-order valence-corrected chi connectivity index (χ4v) is 5.30. The number of likely N-dealkylation sites (N-methyl/N-ethyl adjacent to an activating group) is 2. The molecule has 0 bridgehead atoms. The van der Waals surface area contributed by atoms with Crippen LogP contribution in [0.15, 0.2) is 22.6 Å². The van der Waals surface area contributed by atoms with E-state index in [-0.39, 0.29) is 35.6 Å². The molecule has 5 atom stereocenters. The number of aliphatic hydroxyl groups is 1. The highest BCUT2D eigenvalue weighted by atomic mass is 35.5. The van der Waals surface area contributed by atoms with Gasteiger partial charge in [0.25, 0.3) is 0 Å². The van der Waals surface area contributed by atoms with Gasteiger partial charge in [-0.15, -0.1) is 0 Å². The Morgan fingerprint density at radius 1 is 1.29 bits per heavy atom. The van der Waals surface area contributed by atoms with Crippen LogP contribution in [0.25, 0.3) is 0 Å². The van der Waals surface area contributed by atoms with Gasteiger partial charge in [-0.3, -0.25) is 19.4 Å². The number of nitrogens with two attached hydrogens (primary N) is 2. The number of hydrogen-bond donors (Lipinski definition) is 7. The van der Waals surface area contributed by atoms with Gasteiger partial charge in [0.15, 0.2) is 0 Å². The second-order valence-corrected chi connectivity index (χ2v) is 9.48. The van der Waals surface area contributed by atoms with Crippen LogP contribution in [0.1, 0.15) is 39.0 Å². The van der Waals surface area contributed by atoms with E-state index in [2.05, 4.69) is 51.1 Å². The van der Waals surface area contributed by atoms with Crippen LogP contribution in [-0.4, -0.2) is 90.5 Å². The summed E-state index contributed by atoms with van der Waals surface area (Å²) in [6, 6.07) is -0.0261. The van der Waals surface area contributed by atoms with Crippen molar-refractivity contribution in [3.05, 3.63) is 22.6 Å². The molecule has 1 saturated heterocycles. The van der Waals surface area contributed by atoms with Crippen molar-refractivity contribution in [1.82, 2.24) is 31.1 Å². The molecule has 12 heteroatoms. The van der Waals surface area contributed by atoms with Crippen LogP contribution < -0.4 is 32.7 Å². The van der Waals surface area contributed by atoms with Gasteiger partial charge in [0.2, 0.25) is 11.8 Å². The zero-order chi connectivity index (χ0) is 24.8. The van der Waals surface area contributed by atoms with E-state index in [0.717, 1.165) is 25.8 Å². The summed E-state index contributed by atoms with van der Waals surface area (Å²) in [4.78, 5) is 29.6. The summed E-state index contributed by atoms with van der Waals surface area (Å²) in [7, 11) is 2.10. The van der Waals surface area contributed by atoms with Gasteiger partial charge in [-0.2, -0.15) is 0 Å². The van der Waals surface area contributed by atoms with E-state index < -0.39 is 12.2 Å². The fourth-order valence-electron chi connectivity index (χ4n) is 5.13. The van der Waals surface area contributed by atoms with Crippen LogP contribution >= 0.6 is 11.6 Å². The molecule has 0 aromatic carbocycles. The van der Waals surface area contributed by atoms with Crippen molar-refractivity contribution in [1.29, 1.82) is 0 Å². The molecule has 11 nitrogen and oxygen atoms in total. The number of nitrogens with zero attached hydrogens (tertiary/aromatic N) is 2. The minimum atomic E-state index is -0.722. The standard InChI is InChI=1S/C22H39ClN8O3/c1-3-31-15-11-13(6-8-16(33)26-9-4-10-32)5-7-14(15)30(2)17(31)12-27-22(34)18-20(24)29-21(25)19(23)28-18/h5,14-15,17-18,20,28-29,32H,3-4,6-12,24-25H2,1-2H3,(H,26,33)(H,27,34). The van der Waals surface area contributed by atoms with Crippen molar-refractivity contribution in [2.75, 3.05) is 33.3 Å². The maximum absolute atomic E-state index is 12.8. The third-order valence-corrected chi connectivity index (χ3v) is 7.31. The topological polar surface area (TPSA) is 161 Å². The van der Waals surface area contributed by atoms with Crippen molar-refractivity contribution in [2.24, 2.45) is 11.5 Å². The van der Waals surface area contributed by atoms with Gasteiger partial charge in [0.1, 0.15) is 23.2 Å². The molecule has 0 aromatic heterocycles. The predicted molar refractivity (Wildman–Crippen MR) is 131 cm³/mol. The second-order valence-electron chi connectivity index (χ2n) is 9.11. The molecule has 3 aliphatic rings. The van der Waals surface area contributed by atoms with Crippen LogP contribution in [-0.2, 0) is 9.59 Å². The van der Waals surface area contributed by atoms with Gasteiger partial charge in [-0.1, -0.05) is 30.2 Å². The van der Waals surface area contributed by atoms with Gasteiger partial charge in [-0.05, 0) is 39.3 Å². The number of hydrogen-bond acceptors (Lipinski definition) is 9. The maximum Gasteiger partial charge on any atom is 0.246 e. The molecule has 1 aliphatic carbocycles. The van der Waals surface area contributed by atoms with Crippen LogP contribution in [0.2, 0.25) is 0 Å². The summed E-state index contributed by atoms with van der Waals surface area (Å²) in [5.41, 5.74) is 13.0. The monoisotopic (exact) mass is 498 g/mol. The zero-order valence-electron chi connectivity index (χ0n) is 20.0. The molecule has 0 aromatic rings. The summed E-state index contributed by atoms with van der Waals surface area (Å²) in [5, 5.41) is 20.6. The summed E-state index contributed by atoms with van der Waals surface area (Å²) in [6.07, 6.45) is 5.25. The summed E-state index contributed by atoms with van der Waals surface area (Å²) >= 11 is 6.03. The van der Waals surface area contributed by atoms with E-state index in [4.69, 9.17) is 28.2 Å². The van der Waals surface area contributed by atoms with Crippen molar-refractivity contribution >= 4 is 23.4 Å². The molecule has 9 N–H and O–H groups in total. The third kappa shape index (κ3) is 6.14. The number of nitrogens with one attached hydrogen (secondary N) is 4. The summed E-state index contributed by atoms with van der Waals surface area (Å²) < 4.78 is 0. The molecule has 0 spiro atoms. The highest BCUT2D eigenvalue weighted by molar-refractivity contribution is 6.29. The lowest BCUT2D eigenvalue weighted by molar-refractivity contribution is -0.124. The van der Waals surface area contributed by atoms with Gasteiger partial charge in [-0.25, -0.2) is 0 Å². The first-order valence-electron chi connectivity index (χ1n) is 12.0. The van der Waals surface area contributed by atoms with E-state index in [1.807, 2.05) is 0 Å². The molecule has 3 rings (SSSR count). The molecule has 1 fully saturated rings. The van der Waals surface area contributed by atoms with Gasteiger partial charge >= 0.3 is 0 Å². The van der Waals surface area contributed by atoms with E-state index >= 15 is 0 Å². The Hall–Kier alpha value is -2.05. The van der Waals surface area contributed by atoms with Crippen molar-refractivity contribution in [3.63, 3.8) is 0 Å². The third-order valence-electron chi connectivity index (χ3n) is 7.00. The molecular weight excluding hydrogens is 460 g/mol. The zero-order valence-corrected chi connectivity index (χ0v) is 20.8. The van der Waals surface area contributed by atoms with E-state index in [0.29, 0.717) is 38.0 Å². The predicted octanol–water partition coefficient (Wildman–Crippen LogP) is -1.40. The lowest BCUT2D eigenvalue weighted by Crippen LogP contribution is -2.64. The van der Waals surface area contributed by atoms with Crippen LogP contribution in [0.3, 0.4) is 0 Å². The quantitative estimate of drug-likeness (QED) is 0.109. The molecule has 34 heavy (non-hydrogen) atoms. The average molecular weight is 499 g/mol. The molecule has 192 valence electrons. The SMILES string of the molecule is CCN1C2CC(CCC(=O)NCCCO)=CCC2N(C)C1CNC(=O)C1NC(Cl)=C(N)NC1N. The first-order valence-corrected chi connectivity index (χ1v) is 12.4. The Labute approximate surface area is 206 Å². The number of fused-ring (bicyclic) bond motifs is 1. The normalized spacial score (nSPS) is 29.7. The summed E-state index contributed by atoms with van der Waals surface area (Å²) in [6.45, 7) is 4.04. The molecule has 0 saturated carbocycles. The summed E-state index contributed by atoms with van der Waals surface area (Å²) in [5.74, 6) is 0.00518. The maximum atomic E-state index is 12.8. The van der Waals surface area contributed by atoms with Crippen LogP contribution in [0.5, 0.6) is 0 Å². The minimum absolute atomic E-state index is 0.0219. The van der Waals surface area contributed by atoms with Crippen LogP contribution in [0.4, 0.5) is 0 Å². The fraction of sp³-hybridized carbons (Fsp3) is 0.727. The largest absolute Gasteiger partial charge is 0.396 e. The average Bonchev–Trinajstić information content (AvgIpc) is 3.08. The first-order chi connectivity index (χ1) is 16.3. The van der Waals surface area contributed by atoms with Gasteiger partial charge in [0.05, 0.1) is 6.17 Å². The Morgan fingerprint density at radius 2 is 2.06 bits per heavy atom. The van der Waals surface area contributed by atoms with Crippen molar-refractivity contribution < 1.29 is 14.7 Å². The molecule has 2 aliphatic heterocycles. The number of amides is 2. The number of carbonyl (C=O) groups excluding carboxylic acids is 2. The lowest BCUT2D eigenvalue weighted by Gasteiger charge is -2.33. The van der Waals surface area contributed by atoms with E-state index in [9.17, 15) is 9.59 Å². The molecular formula is C22H39ClN8O3. The van der Waals surface area contributed by atoms with Crippen LogP contribution in [0, 0.1) is 0 Å². The van der Waals surface area contributed by atoms with Crippen molar-refractivity contribution in [3.8, 4) is 0 Å². The minimum Gasteiger partial charge on any atom is -0.396 e. The molecule has 2 amide bonds. The first kappa shape index (κ1) is 26.6. The molecule has 0 radical (unpaired) electrons. The Morgan fingerprint density at radius 3 is 2.76 bits per heavy atom. The Bertz CT molecular complexity index is 807. The second kappa shape index (κ2) is 12.1. The molecule has 5 unspecified atom stereocenters. The Balaban J connectivity index is 1.53. The highest BCUT2D eigenvalue weighted by Crippen LogP contribution is 2.36. The van der Waals surface area contributed by atoms with E-state index in [1.54, 1.807) is 0 Å². The number of halogens is 1. The lowest BCUT2D eigenvalue weighted by atomic mass is 9.88. The number of aliphatic hydroxyl groups excluding tert-OH is 1. The number of carbonyl (C=O) groups is 2. The van der Waals surface area contributed by atoms with Crippen molar-refractivity contribution in [2.45, 2.75) is 69.5 Å². The van der Waals surface area contributed by atoms with E-state index in [1.165, 1.54) is 5.57 Å². The van der Waals surface area contributed by atoms with Gasteiger partial charge in [0, 0.05) is 38.2 Å². The van der Waals surface area contributed by atoms with Gasteiger partial charge < -0.3 is 37.8 Å². The molecule has 2 heterocycles. The number of rotatable bonds is 10. The highest BCUT2D eigenvalue weighted by Gasteiger charge is 2.45. The smallest absolute Gasteiger partial charge is 0.246 e.